The number of alkyl halides is 2. The number of nitrogens with one attached hydrogen (secondary N) is 1. The van der Waals surface area contributed by atoms with Crippen molar-refractivity contribution >= 4 is 0 Å². The van der Waals surface area contributed by atoms with Crippen LogP contribution in [0.25, 0.3) is 0 Å². The molecule has 1 aliphatic rings. The minimum Gasteiger partial charge on any atom is -0.434 e. The smallest absolute Gasteiger partial charge is 0.387 e. The molecule has 1 aromatic carbocycles. The van der Waals surface area contributed by atoms with Crippen LogP contribution in [0, 0.1) is 0 Å². The third kappa shape index (κ3) is 2.97. The van der Waals surface area contributed by atoms with Gasteiger partial charge in [-0.05, 0) is 25.3 Å². The van der Waals surface area contributed by atoms with Crippen LogP contribution in [0.2, 0.25) is 0 Å². The summed E-state index contributed by atoms with van der Waals surface area (Å²) in [7, 11) is 0. The van der Waals surface area contributed by atoms with E-state index < -0.39 is 6.61 Å². The lowest BCUT2D eigenvalue weighted by Gasteiger charge is -2.41. The summed E-state index contributed by atoms with van der Waals surface area (Å²) in [4.78, 5) is 0. The van der Waals surface area contributed by atoms with Crippen LogP contribution >= 0.6 is 0 Å². The Morgan fingerprint density at radius 1 is 1.33 bits per heavy atom. The number of aliphatic hydroxyl groups is 1. The quantitative estimate of drug-likeness (QED) is 0.821. The number of halogens is 2. The maximum absolute atomic E-state index is 12.2. The van der Waals surface area contributed by atoms with Crippen LogP contribution in [0.3, 0.4) is 0 Å². The van der Waals surface area contributed by atoms with Crippen molar-refractivity contribution in [1.29, 1.82) is 0 Å². The molecule has 0 saturated heterocycles. The number of benzene rings is 1. The molecule has 0 unspecified atom stereocenters. The van der Waals surface area contributed by atoms with Crippen LogP contribution in [0.15, 0.2) is 24.3 Å². The summed E-state index contributed by atoms with van der Waals surface area (Å²) in [6, 6.07) is 6.71. The monoisotopic (exact) mass is 257 g/mol. The summed E-state index contributed by atoms with van der Waals surface area (Å²) in [6.07, 6.45) is 2.92. The zero-order valence-electron chi connectivity index (χ0n) is 10.0. The molecule has 1 saturated carbocycles. The molecule has 2 N–H and O–H groups in total. The highest BCUT2D eigenvalue weighted by molar-refractivity contribution is 5.33. The van der Waals surface area contributed by atoms with Gasteiger partial charge >= 0.3 is 6.61 Å². The van der Waals surface area contributed by atoms with Crippen molar-refractivity contribution in [1.82, 2.24) is 5.32 Å². The van der Waals surface area contributed by atoms with Crippen LogP contribution in [0.1, 0.15) is 24.8 Å². The molecule has 0 atom stereocenters. The predicted octanol–water partition coefficient (Wildman–Crippen LogP) is 2.29. The lowest BCUT2D eigenvalue weighted by atomic mass is 9.77. The van der Waals surface area contributed by atoms with Crippen LogP contribution in [-0.4, -0.2) is 23.9 Å². The topological polar surface area (TPSA) is 41.5 Å². The minimum absolute atomic E-state index is 0.0743. The fourth-order valence-electron chi connectivity index (χ4n) is 2.14. The van der Waals surface area contributed by atoms with Gasteiger partial charge in [0.15, 0.2) is 0 Å². The number of aliphatic hydroxyl groups excluding tert-OH is 1. The first-order valence-corrected chi connectivity index (χ1v) is 6.04. The summed E-state index contributed by atoms with van der Waals surface area (Å²) >= 11 is 0. The highest BCUT2D eigenvalue weighted by atomic mass is 19.3. The van der Waals surface area contributed by atoms with E-state index in [1.54, 1.807) is 18.2 Å². The van der Waals surface area contributed by atoms with Gasteiger partial charge in [-0.3, -0.25) is 0 Å². The first kappa shape index (κ1) is 13.2. The van der Waals surface area contributed by atoms with E-state index in [1.165, 1.54) is 6.07 Å². The van der Waals surface area contributed by atoms with Crippen molar-refractivity contribution in [2.45, 2.75) is 38.0 Å². The molecule has 0 aliphatic heterocycles. The second-order valence-electron chi connectivity index (χ2n) is 4.63. The van der Waals surface area contributed by atoms with Gasteiger partial charge in [0.1, 0.15) is 5.75 Å². The van der Waals surface area contributed by atoms with Crippen molar-refractivity contribution in [3.63, 3.8) is 0 Å². The summed E-state index contributed by atoms with van der Waals surface area (Å²) in [5.41, 5.74) is 0.440. The number of hydrogen-bond acceptors (Lipinski definition) is 3. The first-order valence-electron chi connectivity index (χ1n) is 6.04. The fourth-order valence-corrected chi connectivity index (χ4v) is 2.14. The van der Waals surface area contributed by atoms with Crippen molar-refractivity contribution in [2.75, 3.05) is 6.61 Å². The van der Waals surface area contributed by atoms with Gasteiger partial charge in [-0.15, -0.1) is 0 Å². The third-order valence-corrected chi connectivity index (χ3v) is 3.46. The highest BCUT2D eigenvalue weighted by Crippen LogP contribution is 2.32. The Hall–Kier alpha value is -1.20. The molecule has 1 aliphatic carbocycles. The van der Waals surface area contributed by atoms with Crippen LogP contribution < -0.4 is 10.1 Å². The average Bonchev–Trinajstić information content (AvgIpc) is 2.29. The number of hydrogen-bond donors (Lipinski definition) is 2. The van der Waals surface area contributed by atoms with E-state index in [9.17, 15) is 13.9 Å². The molecular formula is C13H17F2NO2. The van der Waals surface area contributed by atoms with E-state index in [1.807, 2.05) is 0 Å². The van der Waals surface area contributed by atoms with Crippen molar-refractivity contribution < 1.29 is 18.6 Å². The summed E-state index contributed by atoms with van der Waals surface area (Å²) in [6.45, 7) is -2.32. The number of rotatable bonds is 6. The Morgan fingerprint density at radius 3 is 2.61 bits per heavy atom. The van der Waals surface area contributed by atoms with E-state index in [4.69, 9.17) is 0 Å². The molecular weight excluding hydrogens is 240 g/mol. The van der Waals surface area contributed by atoms with Crippen molar-refractivity contribution in [3.8, 4) is 5.75 Å². The lowest BCUT2D eigenvalue weighted by molar-refractivity contribution is -0.0506. The molecule has 1 fully saturated rings. The Kier molecular flexibility index (Phi) is 4.14. The van der Waals surface area contributed by atoms with Gasteiger partial charge in [0.2, 0.25) is 0 Å². The van der Waals surface area contributed by atoms with Gasteiger partial charge in [-0.2, -0.15) is 8.78 Å². The van der Waals surface area contributed by atoms with E-state index in [0.717, 1.165) is 19.3 Å². The van der Waals surface area contributed by atoms with Gasteiger partial charge in [-0.1, -0.05) is 18.2 Å². The van der Waals surface area contributed by atoms with E-state index in [2.05, 4.69) is 10.1 Å². The molecule has 5 heteroatoms. The SMILES string of the molecule is OCC1(NCc2ccccc2OC(F)F)CCC1. The van der Waals surface area contributed by atoms with E-state index >= 15 is 0 Å². The lowest BCUT2D eigenvalue weighted by Crippen LogP contribution is -2.53. The van der Waals surface area contributed by atoms with Gasteiger partial charge in [0.05, 0.1) is 6.61 Å². The summed E-state index contributed by atoms with van der Waals surface area (Å²) < 4.78 is 28.9. The normalized spacial score (nSPS) is 17.6. The van der Waals surface area contributed by atoms with Gasteiger partial charge < -0.3 is 15.2 Å². The second kappa shape index (κ2) is 5.63. The molecule has 0 bridgehead atoms. The third-order valence-electron chi connectivity index (χ3n) is 3.46. The second-order valence-corrected chi connectivity index (χ2v) is 4.63. The van der Waals surface area contributed by atoms with Crippen molar-refractivity contribution in [3.05, 3.63) is 29.8 Å². The zero-order valence-corrected chi connectivity index (χ0v) is 10.0. The first-order chi connectivity index (χ1) is 8.65. The van der Waals surface area contributed by atoms with Crippen molar-refractivity contribution in [2.24, 2.45) is 0 Å². The molecule has 18 heavy (non-hydrogen) atoms. The minimum atomic E-state index is -2.82. The fraction of sp³-hybridized carbons (Fsp3) is 0.538. The van der Waals surface area contributed by atoms with E-state index in [0.29, 0.717) is 12.1 Å². The molecule has 2 rings (SSSR count). The Bertz CT molecular complexity index is 389. The molecule has 0 heterocycles. The molecule has 3 nitrogen and oxygen atoms in total. The molecule has 0 amide bonds. The van der Waals surface area contributed by atoms with Gasteiger partial charge in [0, 0.05) is 17.6 Å². The highest BCUT2D eigenvalue weighted by Gasteiger charge is 2.35. The van der Waals surface area contributed by atoms with E-state index in [-0.39, 0.29) is 17.9 Å². The molecule has 0 spiro atoms. The van der Waals surface area contributed by atoms with Crippen LogP contribution in [-0.2, 0) is 6.54 Å². The Morgan fingerprint density at radius 2 is 2.06 bits per heavy atom. The van der Waals surface area contributed by atoms with Gasteiger partial charge in [-0.25, -0.2) is 0 Å². The predicted molar refractivity (Wildman–Crippen MR) is 63.6 cm³/mol. The van der Waals surface area contributed by atoms with Crippen LogP contribution in [0.5, 0.6) is 5.75 Å². The molecule has 0 radical (unpaired) electrons. The largest absolute Gasteiger partial charge is 0.434 e. The Labute approximate surface area is 105 Å². The number of para-hydroxylation sites is 1. The standard InChI is InChI=1S/C13H17F2NO2/c14-12(15)18-11-5-2-1-4-10(11)8-16-13(9-17)6-3-7-13/h1-2,4-5,12,16-17H,3,6-9H2. The maximum atomic E-state index is 12.2. The Balaban J connectivity index is 2.00. The summed E-state index contributed by atoms with van der Waals surface area (Å²) in [5, 5.41) is 12.6. The molecule has 1 aromatic rings. The molecule has 0 aromatic heterocycles. The number of ether oxygens (including phenoxy) is 1. The average molecular weight is 257 g/mol. The maximum Gasteiger partial charge on any atom is 0.387 e. The molecule has 100 valence electrons. The zero-order chi connectivity index (χ0) is 13.0. The van der Waals surface area contributed by atoms with Crippen LogP contribution in [0.4, 0.5) is 8.78 Å². The van der Waals surface area contributed by atoms with Gasteiger partial charge in [0.25, 0.3) is 0 Å². The summed E-state index contributed by atoms with van der Waals surface area (Å²) in [5.74, 6) is 0.187.